The Hall–Kier alpha value is -0.693. The molecule has 0 aromatic carbocycles. The van der Waals surface area contributed by atoms with E-state index in [1.165, 1.54) is 21.3 Å². The molecule has 0 rings (SSSR count). The van der Waals surface area contributed by atoms with E-state index in [0.29, 0.717) is 18.6 Å². The number of carbonyl (C=O) groups excluding carboxylic acids is 1. The quantitative estimate of drug-likeness (QED) is 0.386. The Kier molecular flexibility index (Phi) is 8.09. The van der Waals surface area contributed by atoms with E-state index in [0.717, 1.165) is 11.6 Å². The van der Waals surface area contributed by atoms with Gasteiger partial charge in [-0.1, -0.05) is 13.8 Å². The molecule has 0 aliphatic carbocycles. The Bertz CT molecular complexity index is 289. The van der Waals surface area contributed by atoms with Crippen molar-refractivity contribution in [1.29, 1.82) is 0 Å². The Morgan fingerprint density at radius 2 is 1.56 bits per heavy atom. The van der Waals surface area contributed by atoms with Crippen molar-refractivity contribution in [3.63, 3.8) is 0 Å². The monoisotopic (exact) mass is 276 g/mol. The standard InChI is InChI=1S/C12H24O5Si/c1-7-9-17-12(13)10(3)11(8-2)18(14-4,15-5)16-6/h7-9H2,1-6H3. The first-order valence-corrected chi connectivity index (χ1v) is 7.78. The number of rotatable bonds is 8. The first-order valence-electron chi connectivity index (χ1n) is 6.05. The highest BCUT2D eigenvalue weighted by atomic mass is 28.4. The maximum Gasteiger partial charge on any atom is 0.532 e. The molecule has 106 valence electrons. The summed E-state index contributed by atoms with van der Waals surface area (Å²) in [4.78, 5) is 11.9. The third-order valence-corrected chi connectivity index (χ3v) is 5.81. The zero-order valence-electron chi connectivity index (χ0n) is 12.2. The van der Waals surface area contributed by atoms with Gasteiger partial charge in [-0.25, -0.2) is 4.79 Å². The second-order valence-corrected chi connectivity index (χ2v) is 6.70. The molecular weight excluding hydrogens is 252 g/mol. The van der Waals surface area contributed by atoms with E-state index in [-0.39, 0.29) is 5.97 Å². The fraction of sp³-hybridized carbons (Fsp3) is 0.750. The van der Waals surface area contributed by atoms with E-state index in [9.17, 15) is 4.79 Å². The minimum absolute atomic E-state index is 0.336. The molecule has 0 aromatic heterocycles. The summed E-state index contributed by atoms with van der Waals surface area (Å²) < 4.78 is 21.3. The molecular formula is C12H24O5Si. The lowest BCUT2D eigenvalue weighted by Crippen LogP contribution is -2.46. The molecule has 6 heteroatoms. The van der Waals surface area contributed by atoms with Gasteiger partial charge >= 0.3 is 14.8 Å². The smallest absolute Gasteiger partial charge is 0.462 e. The maximum atomic E-state index is 11.9. The lowest BCUT2D eigenvalue weighted by molar-refractivity contribution is -0.139. The summed E-state index contributed by atoms with van der Waals surface area (Å²) in [6, 6.07) is 0. The van der Waals surface area contributed by atoms with Crippen molar-refractivity contribution in [3.8, 4) is 0 Å². The normalized spacial score (nSPS) is 13.2. The molecule has 0 spiro atoms. The molecule has 0 saturated carbocycles. The maximum absolute atomic E-state index is 11.9. The fourth-order valence-corrected chi connectivity index (χ4v) is 3.99. The van der Waals surface area contributed by atoms with E-state index < -0.39 is 8.80 Å². The molecule has 0 radical (unpaired) electrons. The number of hydrogen-bond acceptors (Lipinski definition) is 5. The average Bonchev–Trinajstić information content (AvgIpc) is 2.41. The Balaban J connectivity index is 5.29. The van der Waals surface area contributed by atoms with Crippen molar-refractivity contribution in [2.75, 3.05) is 27.9 Å². The van der Waals surface area contributed by atoms with Gasteiger partial charge in [0.25, 0.3) is 0 Å². The molecule has 0 atom stereocenters. The summed E-state index contributed by atoms with van der Waals surface area (Å²) in [5, 5.41) is 0.760. The molecule has 0 heterocycles. The van der Waals surface area contributed by atoms with Gasteiger partial charge in [-0.05, 0) is 19.8 Å². The highest BCUT2D eigenvalue weighted by molar-refractivity contribution is 6.69. The van der Waals surface area contributed by atoms with Gasteiger partial charge in [-0.2, -0.15) is 0 Å². The largest absolute Gasteiger partial charge is 0.532 e. The summed E-state index contributed by atoms with van der Waals surface area (Å²) in [6.45, 7) is 6.01. The van der Waals surface area contributed by atoms with E-state index in [1.54, 1.807) is 6.92 Å². The molecule has 0 amide bonds. The second-order valence-electron chi connectivity index (χ2n) is 3.76. The zero-order valence-corrected chi connectivity index (χ0v) is 13.2. The molecule has 0 fully saturated rings. The zero-order chi connectivity index (χ0) is 14.2. The molecule has 0 N–H and O–H groups in total. The van der Waals surface area contributed by atoms with Crippen LogP contribution in [0.15, 0.2) is 10.8 Å². The number of esters is 1. The van der Waals surface area contributed by atoms with Crippen LogP contribution in [0, 0.1) is 0 Å². The molecule has 0 aliphatic rings. The van der Waals surface area contributed by atoms with Crippen LogP contribution in [0.2, 0.25) is 0 Å². The second kappa shape index (κ2) is 8.42. The lowest BCUT2D eigenvalue weighted by Gasteiger charge is -2.27. The van der Waals surface area contributed by atoms with E-state index in [4.69, 9.17) is 18.0 Å². The van der Waals surface area contributed by atoms with Gasteiger partial charge in [0.2, 0.25) is 0 Å². The van der Waals surface area contributed by atoms with E-state index in [2.05, 4.69) is 0 Å². The third kappa shape index (κ3) is 3.91. The first kappa shape index (κ1) is 17.3. The van der Waals surface area contributed by atoms with Crippen molar-refractivity contribution < 1.29 is 22.8 Å². The van der Waals surface area contributed by atoms with Crippen LogP contribution in [-0.2, 0) is 22.8 Å². The van der Waals surface area contributed by atoms with Crippen molar-refractivity contribution in [3.05, 3.63) is 10.8 Å². The van der Waals surface area contributed by atoms with Crippen molar-refractivity contribution >= 4 is 14.8 Å². The van der Waals surface area contributed by atoms with Gasteiger partial charge in [0.05, 0.1) is 6.61 Å². The SMILES string of the molecule is CCCOC(=O)C(C)=C(CC)[Si](OC)(OC)OC. The van der Waals surface area contributed by atoms with Crippen molar-refractivity contribution in [2.24, 2.45) is 0 Å². The minimum atomic E-state index is -2.93. The molecule has 0 bridgehead atoms. The Labute approximate surface area is 110 Å². The van der Waals surface area contributed by atoms with Gasteiger partial charge in [0.15, 0.2) is 0 Å². The van der Waals surface area contributed by atoms with Crippen LogP contribution in [0.5, 0.6) is 0 Å². The van der Waals surface area contributed by atoms with Gasteiger partial charge in [0.1, 0.15) is 0 Å². The molecule has 0 aromatic rings. The molecule has 0 saturated heterocycles. The lowest BCUT2D eigenvalue weighted by atomic mass is 10.2. The van der Waals surface area contributed by atoms with Crippen LogP contribution in [0.1, 0.15) is 33.6 Å². The van der Waals surface area contributed by atoms with Gasteiger partial charge in [-0.3, -0.25) is 0 Å². The van der Waals surface area contributed by atoms with Crippen LogP contribution in [0.4, 0.5) is 0 Å². The number of carbonyl (C=O) groups is 1. The summed E-state index contributed by atoms with van der Waals surface area (Å²) in [5.41, 5.74) is 0.517. The van der Waals surface area contributed by atoms with Crippen LogP contribution < -0.4 is 0 Å². The minimum Gasteiger partial charge on any atom is -0.462 e. The van der Waals surface area contributed by atoms with E-state index >= 15 is 0 Å². The third-order valence-electron chi connectivity index (χ3n) is 2.73. The van der Waals surface area contributed by atoms with Crippen LogP contribution >= 0.6 is 0 Å². The first-order chi connectivity index (χ1) is 8.52. The van der Waals surface area contributed by atoms with Gasteiger partial charge in [-0.15, -0.1) is 0 Å². The van der Waals surface area contributed by atoms with E-state index in [1.807, 2.05) is 13.8 Å². The Morgan fingerprint density at radius 1 is 1.06 bits per heavy atom. The van der Waals surface area contributed by atoms with Crippen molar-refractivity contribution in [1.82, 2.24) is 0 Å². The summed E-state index contributed by atoms with van der Waals surface area (Å²) in [6.07, 6.45) is 1.41. The molecule has 0 aliphatic heterocycles. The van der Waals surface area contributed by atoms with Crippen molar-refractivity contribution in [2.45, 2.75) is 33.6 Å². The topological polar surface area (TPSA) is 54.0 Å². The fourth-order valence-electron chi connectivity index (χ4n) is 1.76. The highest BCUT2D eigenvalue weighted by Crippen LogP contribution is 2.24. The highest BCUT2D eigenvalue weighted by Gasteiger charge is 2.44. The summed E-state index contributed by atoms with van der Waals surface area (Å²) >= 11 is 0. The van der Waals surface area contributed by atoms with Crippen LogP contribution in [-0.4, -0.2) is 42.7 Å². The van der Waals surface area contributed by atoms with Crippen LogP contribution in [0.25, 0.3) is 0 Å². The van der Waals surface area contributed by atoms with Gasteiger partial charge in [0, 0.05) is 32.1 Å². The number of ether oxygens (including phenoxy) is 1. The Morgan fingerprint density at radius 3 is 1.89 bits per heavy atom. The summed E-state index contributed by atoms with van der Waals surface area (Å²) in [5.74, 6) is -0.336. The van der Waals surface area contributed by atoms with Gasteiger partial charge < -0.3 is 18.0 Å². The number of allylic oxidation sites excluding steroid dienone is 1. The number of hydrogen-bond donors (Lipinski definition) is 0. The summed E-state index contributed by atoms with van der Waals surface area (Å²) in [7, 11) is 1.65. The predicted molar refractivity (Wildman–Crippen MR) is 71.0 cm³/mol. The van der Waals surface area contributed by atoms with Crippen LogP contribution in [0.3, 0.4) is 0 Å². The average molecular weight is 276 g/mol. The molecule has 5 nitrogen and oxygen atoms in total. The molecule has 0 unspecified atom stereocenters. The molecule has 18 heavy (non-hydrogen) atoms. The predicted octanol–water partition coefficient (Wildman–Crippen LogP) is 2.08.